The Balaban J connectivity index is 2.27. The topological polar surface area (TPSA) is 27.6 Å². The summed E-state index contributed by atoms with van der Waals surface area (Å²) in [6.07, 6.45) is 1.88. The molecule has 0 aromatic heterocycles. The van der Waals surface area contributed by atoms with Crippen LogP contribution in [0.1, 0.15) is 18.1 Å². The predicted octanol–water partition coefficient (Wildman–Crippen LogP) is 5.42. The molecule has 0 saturated carbocycles. The monoisotopic (exact) mass is 359 g/mol. The first-order valence-corrected chi connectivity index (χ1v) is 8.17. The van der Waals surface area contributed by atoms with Crippen molar-refractivity contribution in [2.45, 2.75) is 20.8 Å². The second-order valence-electron chi connectivity index (χ2n) is 5.38. The second kappa shape index (κ2) is 7.45. The van der Waals surface area contributed by atoms with E-state index in [9.17, 15) is 0 Å². The zero-order chi connectivity index (χ0) is 16.1. The van der Waals surface area contributed by atoms with E-state index in [1.165, 1.54) is 5.56 Å². The van der Waals surface area contributed by atoms with Crippen LogP contribution in [0.25, 0.3) is 0 Å². The maximum Gasteiger partial charge on any atom is 0.0909 e. The molecule has 3 nitrogen and oxygen atoms in total. The normalized spacial score (nSPS) is 11.0. The molecule has 0 heterocycles. The van der Waals surface area contributed by atoms with Crippen LogP contribution >= 0.6 is 15.9 Å². The van der Waals surface area contributed by atoms with Gasteiger partial charge in [-0.2, -0.15) is 0 Å². The van der Waals surface area contributed by atoms with Crippen molar-refractivity contribution >= 4 is 39.3 Å². The number of halogens is 1. The van der Waals surface area contributed by atoms with Crippen molar-refractivity contribution in [2.24, 2.45) is 4.99 Å². The lowest BCUT2D eigenvalue weighted by Gasteiger charge is -2.14. The van der Waals surface area contributed by atoms with E-state index in [1.807, 2.05) is 31.6 Å². The van der Waals surface area contributed by atoms with E-state index in [-0.39, 0.29) is 0 Å². The van der Waals surface area contributed by atoms with Crippen molar-refractivity contribution in [1.29, 1.82) is 0 Å². The number of para-hydroxylation sites is 1. The first-order valence-electron chi connectivity index (χ1n) is 7.38. The number of benzene rings is 2. The Morgan fingerprint density at radius 2 is 1.86 bits per heavy atom. The first kappa shape index (κ1) is 16.6. The number of rotatable bonds is 5. The lowest BCUT2D eigenvalue weighted by atomic mass is 10.1. The van der Waals surface area contributed by atoms with Gasteiger partial charge in [0.25, 0.3) is 0 Å². The molecule has 2 rings (SSSR count). The zero-order valence-corrected chi connectivity index (χ0v) is 15.1. The Morgan fingerprint density at radius 3 is 2.55 bits per heavy atom. The minimum atomic E-state index is 0.948. The van der Waals surface area contributed by atoms with E-state index >= 15 is 0 Å². The first-order chi connectivity index (χ1) is 10.5. The minimum absolute atomic E-state index is 0.948. The highest BCUT2D eigenvalue weighted by Gasteiger charge is 2.06. The predicted molar refractivity (Wildman–Crippen MR) is 99.8 cm³/mol. The van der Waals surface area contributed by atoms with Gasteiger partial charge in [-0.1, -0.05) is 12.1 Å². The van der Waals surface area contributed by atoms with Crippen molar-refractivity contribution in [2.75, 3.05) is 18.9 Å². The molecular formula is C18H22BrN3. The fourth-order valence-electron chi connectivity index (χ4n) is 2.02. The Bertz CT molecular complexity index is 680. The Labute approximate surface area is 141 Å². The summed E-state index contributed by atoms with van der Waals surface area (Å²) in [5, 5.41) is 3.48. The molecule has 0 spiro atoms. The lowest BCUT2D eigenvalue weighted by Crippen LogP contribution is -2.14. The van der Waals surface area contributed by atoms with Crippen LogP contribution in [0.3, 0.4) is 0 Å². The van der Waals surface area contributed by atoms with Gasteiger partial charge in [-0.15, -0.1) is 0 Å². The molecule has 0 aliphatic heterocycles. The molecule has 116 valence electrons. The molecule has 2 aromatic rings. The van der Waals surface area contributed by atoms with Gasteiger partial charge in [0.2, 0.25) is 0 Å². The summed E-state index contributed by atoms with van der Waals surface area (Å²) in [5.41, 5.74) is 5.50. The molecule has 0 aliphatic carbocycles. The van der Waals surface area contributed by atoms with Crippen LogP contribution in [0.2, 0.25) is 0 Å². The summed E-state index contributed by atoms with van der Waals surface area (Å²) in [4.78, 5) is 6.62. The van der Waals surface area contributed by atoms with E-state index in [1.54, 1.807) is 0 Å². The molecule has 22 heavy (non-hydrogen) atoms. The van der Waals surface area contributed by atoms with Crippen LogP contribution in [0.5, 0.6) is 0 Å². The van der Waals surface area contributed by atoms with E-state index < -0.39 is 0 Å². The number of hydrogen-bond donors (Lipinski definition) is 1. The highest BCUT2D eigenvalue weighted by Crippen LogP contribution is 2.31. The van der Waals surface area contributed by atoms with Gasteiger partial charge >= 0.3 is 0 Å². The van der Waals surface area contributed by atoms with E-state index in [0.717, 1.165) is 33.6 Å². The summed E-state index contributed by atoms with van der Waals surface area (Å²) in [6.45, 7) is 7.24. The number of hydrogen-bond acceptors (Lipinski definition) is 2. The average Bonchev–Trinajstić information content (AvgIpc) is 2.51. The van der Waals surface area contributed by atoms with Gasteiger partial charge in [0, 0.05) is 23.8 Å². The van der Waals surface area contributed by atoms with Crippen LogP contribution < -0.4 is 5.32 Å². The van der Waals surface area contributed by atoms with Gasteiger partial charge in [-0.05, 0) is 72.1 Å². The molecule has 1 N–H and O–H groups in total. The minimum Gasteiger partial charge on any atom is -0.366 e. The highest BCUT2D eigenvalue weighted by atomic mass is 79.9. The third-order valence-electron chi connectivity index (χ3n) is 3.58. The molecule has 0 aliphatic rings. The molecule has 0 atom stereocenters. The molecule has 0 bridgehead atoms. The molecule has 0 unspecified atom stereocenters. The van der Waals surface area contributed by atoms with Crippen LogP contribution in [0.4, 0.5) is 17.1 Å². The van der Waals surface area contributed by atoms with Gasteiger partial charge in [0.15, 0.2) is 0 Å². The quantitative estimate of drug-likeness (QED) is 0.569. The Morgan fingerprint density at radius 1 is 1.14 bits per heavy atom. The molecular weight excluding hydrogens is 338 g/mol. The maximum absolute atomic E-state index is 4.57. The molecule has 2 aromatic carbocycles. The smallest absolute Gasteiger partial charge is 0.0909 e. The number of aliphatic imine (C=N–C) groups is 1. The van der Waals surface area contributed by atoms with Gasteiger partial charge in [0.05, 0.1) is 17.7 Å². The molecule has 4 heteroatoms. The summed E-state index contributed by atoms with van der Waals surface area (Å²) in [6, 6.07) is 12.4. The maximum atomic E-state index is 4.57. The average molecular weight is 360 g/mol. The molecule has 0 radical (unpaired) electrons. The number of aryl methyl sites for hydroxylation is 2. The fourth-order valence-corrected chi connectivity index (χ4v) is 2.41. The number of nitrogens with zero attached hydrogens (tertiary/aromatic N) is 2. The third-order valence-corrected chi connectivity index (χ3v) is 4.27. The van der Waals surface area contributed by atoms with Gasteiger partial charge in [0.1, 0.15) is 0 Å². The second-order valence-corrected chi connectivity index (χ2v) is 6.23. The van der Waals surface area contributed by atoms with Crippen LogP contribution in [-0.2, 0) is 0 Å². The zero-order valence-electron chi connectivity index (χ0n) is 13.5. The Hall–Kier alpha value is -1.81. The van der Waals surface area contributed by atoms with Crippen LogP contribution in [0, 0.1) is 13.8 Å². The SMILES string of the molecule is CCN(C)C=Nc1cc(C)c(Nc2ccccc2Br)cc1C. The van der Waals surface area contributed by atoms with Crippen molar-refractivity contribution in [3.8, 4) is 0 Å². The van der Waals surface area contributed by atoms with Crippen molar-refractivity contribution < 1.29 is 0 Å². The largest absolute Gasteiger partial charge is 0.366 e. The molecule has 0 saturated heterocycles. The van der Waals surface area contributed by atoms with Crippen LogP contribution in [-0.4, -0.2) is 24.8 Å². The van der Waals surface area contributed by atoms with Gasteiger partial charge in [-0.3, -0.25) is 0 Å². The van der Waals surface area contributed by atoms with Crippen molar-refractivity contribution in [3.05, 3.63) is 52.0 Å². The molecule has 0 amide bonds. The van der Waals surface area contributed by atoms with Gasteiger partial charge in [-0.25, -0.2) is 4.99 Å². The summed E-state index contributed by atoms with van der Waals surface area (Å²) in [7, 11) is 2.02. The summed E-state index contributed by atoms with van der Waals surface area (Å²) >= 11 is 3.57. The lowest BCUT2D eigenvalue weighted by molar-refractivity contribution is 0.552. The summed E-state index contributed by atoms with van der Waals surface area (Å²) in [5.74, 6) is 0. The molecule has 0 fully saturated rings. The highest BCUT2D eigenvalue weighted by molar-refractivity contribution is 9.10. The number of nitrogens with one attached hydrogen (secondary N) is 1. The van der Waals surface area contributed by atoms with Crippen LogP contribution in [0.15, 0.2) is 45.9 Å². The number of anilines is 2. The van der Waals surface area contributed by atoms with Crippen molar-refractivity contribution in [1.82, 2.24) is 4.90 Å². The summed E-state index contributed by atoms with van der Waals surface area (Å²) < 4.78 is 1.05. The third kappa shape index (κ3) is 4.10. The van der Waals surface area contributed by atoms with E-state index in [2.05, 4.69) is 70.1 Å². The Kier molecular flexibility index (Phi) is 5.61. The van der Waals surface area contributed by atoms with E-state index in [0.29, 0.717) is 0 Å². The fraction of sp³-hybridized carbons (Fsp3) is 0.278. The van der Waals surface area contributed by atoms with E-state index in [4.69, 9.17) is 0 Å². The van der Waals surface area contributed by atoms with Gasteiger partial charge < -0.3 is 10.2 Å². The standard InChI is InChI=1S/C18H22BrN3/c1-5-22(4)12-20-17-10-14(3)18(11-13(17)2)21-16-9-7-6-8-15(16)19/h6-12,21H,5H2,1-4H3. The van der Waals surface area contributed by atoms with Crippen molar-refractivity contribution in [3.63, 3.8) is 0 Å².